The van der Waals surface area contributed by atoms with Crippen molar-refractivity contribution in [3.63, 3.8) is 0 Å². The van der Waals surface area contributed by atoms with Crippen LogP contribution in [0, 0.1) is 6.92 Å². The number of aryl methyl sites for hydroxylation is 1. The summed E-state index contributed by atoms with van der Waals surface area (Å²) in [6, 6.07) is 9.10. The molecule has 1 fully saturated rings. The predicted molar refractivity (Wildman–Crippen MR) is 109 cm³/mol. The van der Waals surface area contributed by atoms with Crippen molar-refractivity contribution >= 4 is 15.9 Å². The molecule has 29 heavy (non-hydrogen) atoms. The Morgan fingerprint density at radius 1 is 1.17 bits per heavy atom. The fraction of sp³-hybridized carbons (Fsp3) is 0.476. The van der Waals surface area contributed by atoms with Crippen molar-refractivity contribution in [3.8, 4) is 0 Å². The van der Waals surface area contributed by atoms with Crippen LogP contribution in [0.25, 0.3) is 0 Å². The van der Waals surface area contributed by atoms with Gasteiger partial charge < -0.3 is 14.5 Å². The number of hydrogen-bond donors (Lipinski definition) is 1. The molecule has 3 rings (SSSR count). The first kappa shape index (κ1) is 21.5. The summed E-state index contributed by atoms with van der Waals surface area (Å²) in [5.41, 5.74) is 1.99. The lowest BCUT2D eigenvalue weighted by atomic mass is 10.1. The van der Waals surface area contributed by atoms with Crippen molar-refractivity contribution in [3.05, 3.63) is 53.0 Å². The van der Waals surface area contributed by atoms with Gasteiger partial charge in [-0.1, -0.05) is 24.3 Å². The number of benzene rings is 1. The maximum absolute atomic E-state index is 12.7. The molecule has 1 aromatic carbocycles. The van der Waals surface area contributed by atoms with Crippen LogP contribution in [0.2, 0.25) is 0 Å². The predicted octanol–water partition coefficient (Wildman–Crippen LogP) is 3.23. The smallest absolute Gasteiger partial charge is 0.287 e. The molecular formula is C21H28N2O5S. The Labute approximate surface area is 172 Å². The zero-order valence-corrected chi connectivity index (χ0v) is 17.9. The number of carbonyl (C=O) groups is 1. The average molecular weight is 421 g/mol. The lowest BCUT2D eigenvalue weighted by Crippen LogP contribution is -2.28. The molecule has 1 saturated heterocycles. The maximum Gasteiger partial charge on any atom is 0.287 e. The molecule has 0 aliphatic carbocycles. The second kappa shape index (κ2) is 9.11. The molecule has 7 nitrogen and oxygen atoms in total. The molecule has 1 amide bonds. The van der Waals surface area contributed by atoms with Gasteiger partial charge in [-0.3, -0.25) is 4.79 Å². The van der Waals surface area contributed by atoms with Gasteiger partial charge in [0, 0.05) is 25.7 Å². The van der Waals surface area contributed by atoms with Crippen LogP contribution >= 0.6 is 0 Å². The first-order chi connectivity index (χ1) is 13.8. The second-order valence-corrected chi connectivity index (χ2v) is 9.41. The van der Waals surface area contributed by atoms with Gasteiger partial charge in [-0.05, 0) is 44.7 Å². The van der Waals surface area contributed by atoms with E-state index in [0.29, 0.717) is 26.2 Å². The van der Waals surface area contributed by atoms with E-state index in [9.17, 15) is 13.2 Å². The van der Waals surface area contributed by atoms with Crippen LogP contribution in [0.5, 0.6) is 0 Å². The molecule has 1 aliphatic rings. The Bertz CT molecular complexity index is 942. The molecule has 2 aromatic rings. The minimum Gasteiger partial charge on any atom is -0.455 e. The molecule has 0 atom stereocenters. The fourth-order valence-electron chi connectivity index (χ4n) is 3.19. The quantitative estimate of drug-likeness (QED) is 0.708. The number of ether oxygens (including phenoxy) is 1. The molecule has 1 aromatic heterocycles. The number of rotatable bonds is 8. The van der Waals surface area contributed by atoms with Gasteiger partial charge >= 0.3 is 0 Å². The lowest BCUT2D eigenvalue weighted by molar-refractivity contribution is 0.0657. The summed E-state index contributed by atoms with van der Waals surface area (Å²) in [5.74, 6) is -0.207. The van der Waals surface area contributed by atoms with E-state index in [1.807, 2.05) is 38.1 Å². The Morgan fingerprint density at radius 3 is 2.41 bits per heavy atom. The van der Waals surface area contributed by atoms with Crippen molar-refractivity contribution in [1.82, 2.24) is 9.62 Å². The van der Waals surface area contributed by atoms with E-state index < -0.39 is 15.9 Å². The van der Waals surface area contributed by atoms with Crippen molar-refractivity contribution in [2.45, 2.75) is 57.8 Å². The van der Waals surface area contributed by atoms with E-state index in [-0.39, 0.29) is 22.5 Å². The van der Waals surface area contributed by atoms with Crippen LogP contribution in [0.4, 0.5) is 0 Å². The third-order valence-electron chi connectivity index (χ3n) is 4.84. The maximum atomic E-state index is 12.7. The summed E-state index contributed by atoms with van der Waals surface area (Å²) in [7, 11) is -3.62. The SMILES string of the molecule is Cc1oc(C(=O)NCc2ccc(COC(C)C)cc2)cc1S(=O)(=O)N1CCCC1. The Morgan fingerprint density at radius 2 is 1.79 bits per heavy atom. The van der Waals surface area contributed by atoms with Crippen molar-refractivity contribution in [1.29, 1.82) is 0 Å². The summed E-state index contributed by atoms with van der Waals surface area (Å²) < 4.78 is 37.9. The molecule has 8 heteroatoms. The van der Waals surface area contributed by atoms with Gasteiger partial charge in [0.2, 0.25) is 10.0 Å². The Kier molecular flexibility index (Phi) is 6.77. The van der Waals surface area contributed by atoms with Gasteiger partial charge in [0.25, 0.3) is 5.91 Å². The molecule has 1 N–H and O–H groups in total. The summed E-state index contributed by atoms with van der Waals surface area (Å²) in [6.45, 7) is 7.42. The van der Waals surface area contributed by atoms with Gasteiger partial charge in [0.15, 0.2) is 5.76 Å². The van der Waals surface area contributed by atoms with E-state index in [4.69, 9.17) is 9.15 Å². The lowest BCUT2D eigenvalue weighted by Gasteiger charge is -2.14. The van der Waals surface area contributed by atoms with Gasteiger partial charge in [-0.15, -0.1) is 0 Å². The number of carbonyl (C=O) groups excluding carboxylic acids is 1. The highest BCUT2D eigenvalue weighted by atomic mass is 32.2. The fourth-order valence-corrected chi connectivity index (χ4v) is 4.86. The highest BCUT2D eigenvalue weighted by Gasteiger charge is 2.31. The van der Waals surface area contributed by atoms with Crippen LogP contribution in [-0.4, -0.2) is 37.8 Å². The van der Waals surface area contributed by atoms with Crippen LogP contribution < -0.4 is 5.32 Å². The molecule has 2 heterocycles. The molecular weight excluding hydrogens is 392 g/mol. The number of furan rings is 1. The Balaban J connectivity index is 1.61. The zero-order chi connectivity index (χ0) is 21.0. The van der Waals surface area contributed by atoms with Crippen molar-refractivity contribution in [2.24, 2.45) is 0 Å². The third kappa shape index (κ3) is 5.26. The first-order valence-electron chi connectivity index (χ1n) is 9.85. The zero-order valence-electron chi connectivity index (χ0n) is 17.1. The normalized spacial score (nSPS) is 15.2. The van der Waals surface area contributed by atoms with E-state index in [1.54, 1.807) is 6.92 Å². The minimum absolute atomic E-state index is 0.00206. The van der Waals surface area contributed by atoms with E-state index in [0.717, 1.165) is 24.0 Å². The first-order valence-corrected chi connectivity index (χ1v) is 11.3. The second-order valence-electron chi connectivity index (χ2n) is 7.50. The molecule has 158 valence electrons. The molecule has 0 saturated carbocycles. The number of nitrogens with one attached hydrogen (secondary N) is 1. The van der Waals surface area contributed by atoms with Gasteiger partial charge in [-0.2, -0.15) is 4.31 Å². The van der Waals surface area contributed by atoms with Crippen LogP contribution in [0.15, 0.2) is 39.6 Å². The number of nitrogens with zero attached hydrogens (tertiary/aromatic N) is 1. The molecule has 1 aliphatic heterocycles. The summed E-state index contributed by atoms with van der Waals surface area (Å²) in [5, 5.41) is 2.77. The summed E-state index contributed by atoms with van der Waals surface area (Å²) in [4.78, 5) is 12.5. The summed E-state index contributed by atoms with van der Waals surface area (Å²) in [6.07, 6.45) is 1.88. The highest BCUT2D eigenvalue weighted by Crippen LogP contribution is 2.26. The van der Waals surface area contributed by atoms with Gasteiger partial charge in [-0.25, -0.2) is 8.42 Å². The highest BCUT2D eigenvalue weighted by molar-refractivity contribution is 7.89. The van der Waals surface area contributed by atoms with E-state index in [1.165, 1.54) is 10.4 Å². The van der Waals surface area contributed by atoms with Crippen LogP contribution in [0.1, 0.15) is 54.1 Å². The average Bonchev–Trinajstić information content (AvgIpc) is 3.36. The van der Waals surface area contributed by atoms with Crippen LogP contribution in [-0.2, 0) is 27.9 Å². The monoisotopic (exact) mass is 420 g/mol. The van der Waals surface area contributed by atoms with Crippen molar-refractivity contribution < 1.29 is 22.4 Å². The van der Waals surface area contributed by atoms with E-state index in [2.05, 4.69) is 5.32 Å². The number of sulfonamides is 1. The minimum atomic E-state index is -3.62. The number of amides is 1. The van der Waals surface area contributed by atoms with Gasteiger partial charge in [0.05, 0.1) is 12.7 Å². The van der Waals surface area contributed by atoms with E-state index >= 15 is 0 Å². The summed E-state index contributed by atoms with van der Waals surface area (Å²) >= 11 is 0. The topological polar surface area (TPSA) is 88.8 Å². The standard InChI is InChI=1S/C21H28N2O5S/c1-15(2)27-14-18-8-6-17(7-9-18)13-22-21(24)19-12-20(16(3)28-19)29(25,26)23-10-4-5-11-23/h6-9,12,15H,4-5,10-11,13-14H2,1-3H3,(H,22,24). The largest absolute Gasteiger partial charge is 0.455 e. The number of hydrogen-bond acceptors (Lipinski definition) is 5. The third-order valence-corrected chi connectivity index (χ3v) is 6.84. The van der Waals surface area contributed by atoms with Crippen molar-refractivity contribution in [2.75, 3.05) is 13.1 Å². The van der Waals surface area contributed by atoms with Crippen LogP contribution in [0.3, 0.4) is 0 Å². The Hall–Kier alpha value is -2.16. The molecule has 0 radical (unpaired) electrons. The molecule has 0 bridgehead atoms. The molecule has 0 spiro atoms. The molecule has 0 unspecified atom stereocenters. The van der Waals surface area contributed by atoms with Gasteiger partial charge in [0.1, 0.15) is 10.7 Å².